The van der Waals surface area contributed by atoms with Crippen LogP contribution in [0.5, 0.6) is 0 Å². The Labute approximate surface area is 123 Å². The average molecular weight is 297 g/mol. The molecule has 0 saturated heterocycles. The third kappa shape index (κ3) is 5.15. The molecule has 0 aliphatic carbocycles. The monoisotopic (exact) mass is 297 g/mol. The molecule has 1 amide bonds. The van der Waals surface area contributed by atoms with Gasteiger partial charge in [-0.25, -0.2) is 4.39 Å². The molecule has 0 bridgehead atoms. The van der Waals surface area contributed by atoms with Crippen molar-refractivity contribution in [3.8, 4) is 0 Å². The predicted octanol–water partition coefficient (Wildman–Crippen LogP) is 1.46. The van der Waals surface area contributed by atoms with Gasteiger partial charge < -0.3 is 14.7 Å². The maximum Gasteiger partial charge on any atom is 0.310 e. The van der Waals surface area contributed by atoms with Crippen LogP contribution in [0.25, 0.3) is 0 Å². The number of halogens is 1. The summed E-state index contributed by atoms with van der Waals surface area (Å²) in [6.45, 7) is 3.30. The minimum absolute atomic E-state index is 0.0523. The van der Waals surface area contributed by atoms with Gasteiger partial charge in [0.1, 0.15) is 5.82 Å². The number of amides is 1. The Hall–Kier alpha value is -1.95. The second-order valence-corrected chi connectivity index (χ2v) is 4.99. The van der Waals surface area contributed by atoms with E-state index in [-0.39, 0.29) is 18.7 Å². The van der Waals surface area contributed by atoms with E-state index in [1.54, 1.807) is 6.92 Å². The Bertz CT molecular complexity index is 504. The average Bonchev–Trinajstić information content (AvgIpc) is 2.44. The van der Waals surface area contributed by atoms with Crippen molar-refractivity contribution >= 4 is 11.9 Å². The molecule has 0 aromatic heterocycles. The van der Waals surface area contributed by atoms with Gasteiger partial charge in [-0.1, -0.05) is 13.0 Å². The summed E-state index contributed by atoms with van der Waals surface area (Å²) in [4.78, 5) is 25.2. The van der Waals surface area contributed by atoms with Gasteiger partial charge in [0.2, 0.25) is 0 Å². The number of carbonyl (C=O) groups excluding carboxylic acids is 2. The van der Waals surface area contributed by atoms with E-state index >= 15 is 0 Å². The van der Waals surface area contributed by atoms with Crippen LogP contribution in [0.2, 0.25) is 0 Å². The number of esters is 1. The Morgan fingerprint density at radius 1 is 1.33 bits per heavy atom. The van der Waals surface area contributed by atoms with Crippen molar-refractivity contribution in [1.82, 2.24) is 4.90 Å². The van der Waals surface area contributed by atoms with E-state index < -0.39 is 29.7 Å². The zero-order valence-electron chi connectivity index (χ0n) is 12.4. The first-order valence-electron chi connectivity index (χ1n) is 6.66. The molecule has 5 nitrogen and oxygen atoms in total. The first-order valence-corrected chi connectivity index (χ1v) is 6.66. The Morgan fingerprint density at radius 2 is 2.00 bits per heavy atom. The Kier molecular flexibility index (Phi) is 6.30. The fourth-order valence-electron chi connectivity index (χ4n) is 1.97. The van der Waals surface area contributed by atoms with Gasteiger partial charge in [0.15, 0.2) is 0 Å². The van der Waals surface area contributed by atoms with Gasteiger partial charge in [-0.05, 0) is 25.1 Å². The maximum absolute atomic E-state index is 13.2. The van der Waals surface area contributed by atoms with Crippen LogP contribution in [0.3, 0.4) is 0 Å². The van der Waals surface area contributed by atoms with Crippen LogP contribution in [-0.2, 0) is 9.53 Å². The minimum Gasteiger partial charge on any atom is -0.469 e. The van der Waals surface area contributed by atoms with Crippen molar-refractivity contribution in [2.75, 3.05) is 20.2 Å². The second-order valence-electron chi connectivity index (χ2n) is 4.99. The van der Waals surface area contributed by atoms with E-state index in [4.69, 9.17) is 0 Å². The van der Waals surface area contributed by atoms with Gasteiger partial charge in [0, 0.05) is 18.7 Å². The van der Waals surface area contributed by atoms with E-state index in [1.807, 2.05) is 0 Å². The van der Waals surface area contributed by atoms with Crippen LogP contribution < -0.4 is 0 Å². The minimum atomic E-state index is -0.757. The van der Waals surface area contributed by atoms with Crippen LogP contribution in [0, 0.1) is 11.7 Å². The first kappa shape index (κ1) is 17.1. The molecule has 116 valence electrons. The topological polar surface area (TPSA) is 66.8 Å². The number of carbonyl (C=O) groups is 2. The molecule has 0 aliphatic rings. The third-order valence-electron chi connectivity index (χ3n) is 2.94. The fraction of sp³-hybridized carbons (Fsp3) is 0.467. The molecule has 2 unspecified atom stereocenters. The highest BCUT2D eigenvalue weighted by Crippen LogP contribution is 2.11. The summed E-state index contributed by atoms with van der Waals surface area (Å²) in [5, 5.41) is 9.50. The maximum atomic E-state index is 13.2. The zero-order chi connectivity index (χ0) is 16.0. The molecule has 0 heterocycles. The van der Waals surface area contributed by atoms with E-state index in [0.717, 1.165) is 6.07 Å². The molecule has 0 fully saturated rings. The predicted molar refractivity (Wildman–Crippen MR) is 75.2 cm³/mol. The molecular formula is C15H20FNO4. The smallest absolute Gasteiger partial charge is 0.310 e. The number of aliphatic hydroxyl groups is 1. The van der Waals surface area contributed by atoms with Crippen molar-refractivity contribution in [2.24, 2.45) is 5.92 Å². The van der Waals surface area contributed by atoms with Gasteiger partial charge in [0.25, 0.3) is 5.91 Å². The lowest BCUT2D eigenvalue weighted by Gasteiger charge is -2.26. The van der Waals surface area contributed by atoms with Crippen molar-refractivity contribution in [3.05, 3.63) is 35.6 Å². The summed E-state index contributed by atoms with van der Waals surface area (Å²) in [6, 6.07) is 5.29. The molecule has 6 heteroatoms. The molecule has 1 aromatic carbocycles. The summed E-state index contributed by atoms with van der Waals surface area (Å²) in [5.41, 5.74) is 0.174. The lowest BCUT2D eigenvalue weighted by molar-refractivity contribution is -0.145. The molecule has 1 N–H and O–H groups in total. The molecule has 21 heavy (non-hydrogen) atoms. The van der Waals surface area contributed by atoms with Crippen molar-refractivity contribution < 1.29 is 23.8 Å². The highest BCUT2D eigenvalue weighted by molar-refractivity contribution is 5.94. The van der Waals surface area contributed by atoms with E-state index in [2.05, 4.69) is 4.74 Å². The Morgan fingerprint density at radius 3 is 2.52 bits per heavy atom. The number of hydrogen-bond acceptors (Lipinski definition) is 4. The van der Waals surface area contributed by atoms with E-state index in [9.17, 15) is 19.1 Å². The van der Waals surface area contributed by atoms with Gasteiger partial charge in [-0.2, -0.15) is 0 Å². The standard InChI is InChI=1S/C15H20FNO4/c1-10(15(20)21-3)8-17(9-11(2)18)14(19)12-5-4-6-13(16)7-12/h4-7,10-11,18H,8-9H2,1-3H3. The number of aliphatic hydroxyl groups excluding tert-OH is 1. The molecule has 2 atom stereocenters. The van der Waals surface area contributed by atoms with Crippen molar-refractivity contribution in [3.63, 3.8) is 0 Å². The zero-order valence-corrected chi connectivity index (χ0v) is 12.4. The number of hydrogen-bond donors (Lipinski definition) is 1. The van der Waals surface area contributed by atoms with Gasteiger partial charge >= 0.3 is 5.97 Å². The number of rotatable bonds is 6. The number of benzene rings is 1. The molecule has 0 aliphatic heterocycles. The highest BCUT2D eigenvalue weighted by atomic mass is 19.1. The summed E-state index contributed by atoms with van der Waals surface area (Å²) >= 11 is 0. The van der Waals surface area contributed by atoms with Crippen LogP contribution in [0.15, 0.2) is 24.3 Å². The molecule has 0 radical (unpaired) electrons. The second kappa shape index (κ2) is 7.73. The molecule has 0 spiro atoms. The number of ether oxygens (including phenoxy) is 1. The van der Waals surface area contributed by atoms with Gasteiger partial charge in [-0.3, -0.25) is 9.59 Å². The largest absolute Gasteiger partial charge is 0.469 e. The van der Waals surface area contributed by atoms with Crippen LogP contribution in [0.1, 0.15) is 24.2 Å². The van der Waals surface area contributed by atoms with Gasteiger partial charge in [-0.15, -0.1) is 0 Å². The third-order valence-corrected chi connectivity index (χ3v) is 2.94. The summed E-state index contributed by atoms with van der Waals surface area (Å²) in [6.07, 6.45) is -0.757. The normalized spacial score (nSPS) is 13.4. The van der Waals surface area contributed by atoms with Crippen molar-refractivity contribution in [1.29, 1.82) is 0 Å². The number of nitrogens with zero attached hydrogens (tertiary/aromatic N) is 1. The van der Waals surface area contributed by atoms with E-state index in [1.165, 1.54) is 37.1 Å². The Balaban J connectivity index is 2.91. The van der Waals surface area contributed by atoms with Crippen LogP contribution >= 0.6 is 0 Å². The number of methoxy groups -OCH3 is 1. The highest BCUT2D eigenvalue weighted by Gasteiger charge is 2.23. The van der Waals surface area contributed by atoms with Crippen LogP contribution in [0.4, 0.5) is 4.39 Å². The quantitative estimate of drug-likeness (QED) is 0.807. The van der Waals surface area contributed by atoms with Crippen molar-refractivity contribution in [2.45, 2.75) is 20.0 Å². The summed E-state index contributed by atoms with van der Waals surface area (Å²) in [5.74, 6) is -1.94. The molecule has 0 saturated carbocycles. The van der Waals surface area contributed by atoms with Gasteiger partial charge in [0.05, 0.1) is 19.1 Å². The molecule has 1 aromatic rings. The SMILES string of the molecule is COC(=O)C(C)CN(CC(C)O)C(=O)c1cccc(F)c1. The molecule has 1 rings (SSSR count). The summed E-state index contributed by atoms with van der Waals surface area (Å²) in [7, 11) is 1.27. The molecular weight excluding hydrogens is 277 g/mol. The lowest BCUT2D eigenvalue weighted by Crippen LogP contribution is -2.41. The fourth-order valence-corrected chi connectivity index (χ4v) is 1.97. The lowest BCUT2D eigenvalue weighted by atomic mass is 10.1. The van der Waals surface area contributed by atoms with E-state index in [0.29, 0.717) is 0 Å². The first-order chi connectivity index (χ1) is 9.85. The van der Waals surface area contributed by atoms with Crippen LogP contribution in [-0.4, -0.2) is 48.2 Å². The summed E-state index contributed by atoms with van der Waals surface area (Å²) < 4.78 is 17.8.